The molecule has 1 aliphatic rings. The molecule has 2 rings (SSSR count). The molecular weight excluding hydrogens is 258 g/mol. The van der Waals surface area contributed by atoms with E-state index in [2.05, 4.69) is 5.32 Å². The van der Waals surface area contributed by atoms with Crippen LogP contribution >= 0.6 is 0 Å². The lowest BCUT2D eigenvalue weighted by atomic mass is 10.1. The highest BCUT2D eigenvalue weighted by Gasteiger charge is 2.16. The minimum atomic E-state index is -0.883. The van der Waals surface area contributed by atoms with Gasteiger partial charge < -0.3 is 15.2 Å². The number of ether oxygens (including phenoxy) is 1. The van der Waals surface area contributed by atoms with Gasteiger partial charge in [-0.1, -0.05) is 12.1 Å². The van der Waals surface area contributed by atoms with Crippen molar-refractivity contribution >= 4 is 17.6 Å². The summed E-state index contributed by atoms with van der Waals surface area (Å²) in [6.07, 6.45) is 3.43. The monoisotopic (exact) mass is 277 g/mol. The second-order valence-electron chi connectivity index (χ2n) is 4.99. The maximum Gasteiger partial charge on any atom is 0.307 e. The highest BCUT2D eigenvalue weighted by atomic mass is 16.5. The maximum atomic E-state index is 11.8. The zero-order chi connectivity index (χ0) is 14.4. The number of amides is 1. The zero-order valence-electron chi connectivity index (χ0n) is 11.3. The standard InChI is InChI=1S/C15H19NO4/c17-14(7-6-13-5-2-8-20-13)16-12-4-1-3-11(9-12)10-15(18)19/h1,3-4,9,13H,2,5-8,10H2,(H,16,17)(H,18,19). The Morgan fingerprint density at radius 1 is 1.40 bits per heavy atom. The fourth-order valence-corrected chi connectivity index (χ4v) is 2.32. The van der Waals surface area contributed by atoms with Crippen molar-refractivity contribution in [3.8, 4) is 0 Å². The van der Waals surface area contributed by atoms with E-state index in [1.165, 1.54) is 0 Å². The molecule has 0 bridgehead atoms. The number of hydrogen-bond donors (Lipinski definition) is 2. The Balaban J connectivity index is 1.82. The summed E-state index contributed by atoms with van der Waals surface area (Å²) in [5, 5.41) is 11.5. The number of nitrogens with one attached hydrogen (secondary N) is 1. The predicted octanol–water partition coefficient (Wildman–Crippen LogP) is 2.21. The summed E-state index contributed by atoms with van der Waals surface area (Å²) < 4.78 is 5.47. The van der Waals surface area contributed by atoms with E-state index in [1.807, 2.05) is 0 Å². The molecule has 5 heteroatoms. The van der Waals surface area contributed by atoms with Crippen LogP contribution < -0.4 is 5.32 Å². The molecule has 1 amide bonds. The molecule has 0 aromatic heterocycles. The molecular formula is C15H19NO4. The van der Waals surface area contributed by atoms with Gasteiger partial charge >= 0.3 is 5.97 Å². The molecule has 1 saturated heterocycles. The number of hydrogen-bond acceptors (Lipinski definition) is 3. The van der Waals surface area contributed by atoms with Crippen molar-refractivity contribution in [3.63, 3.8) is 0 Å². The Kier molecular flexibility index (Phi) is 5.12. The molecule has 0 saturated carbocycles. The van der Waals surface area contributed by atoms with E-state index in [0.29, 0.717) is 17.7 Å². The van der Waals surface area contributed by atoms with Gasteiger partial charge in [-0.2, -0.15) is 0 Å². The molecule has 1 aromatic carbocycles. The first kappa shape index (κ1) is 14.5. The van der Waals surface area contributed by atoms with Crippen LogP contribution in [0.2, 0.25) is 0 Å². The Hall–Kier alpha value is -1.88. The Morgan fingerprint density at radius 3 is 2.95 bits per heavy atom. The van der Waals surface area contributed by atoms with Gasteiger partial charge in [0, 0.05) is 18.7 Å². The lowest BCUT2D eigenvalue weighted by molar-refractivity contribution is -0.136. The quantitative estimate of drug-likeness (QED) is 0.836. The first-order valence-corrected chi connectivity index (χ1v) is 6.85. The Bertz CT molecular complexity index is 481. The van der Waals surface area contributed by atoms with E-state index >= 15 is 0 Å². The normalized spacial score (nSPS) is 17.9. The number of carbonyl (C=O) groups is 2. The van der Waals surface area contributed by atoms with Crippen LogP contribution in [0.25, 0.3) is 0 Å². The number of anilines is 1. The van der Waals surface area contributed by atoms with E-state index in [1.54, 1.807) is 24.3 Å². The average Bonchev–Trinajstić information content (AvgIpc) is 2.89. The van der Waals surface area contributed by atoms with Crippen molar-refractivity contribution < 1.29 is 19.4 Å². The second kappa shape index (κ2) is 7.05. The van der Waals surface area contributed by atoms with Gasteiger partial charge in [-0.05, 0) is 37.0 Å². The number of aliphatic carboxylic acids is 1. The van der Waals surface area contributed by atoms with E-state index < -0.39 is 5.97 Å². The minimum Gasteiger partial charge on any atom is -0.481 e. The van der Waals surface area contributed by atoms with Crippen LogP contribution in [-0.4, -0.2) is 29.7 Å². The molecule has 1 aromatic rings. The van der Waals surface area contributed by atoms with Gasteiger partial charge in [0.15, 0.2) is 0 Å². The lowest BCUT2D eigenvalue weighted by Gasteiger charge is -2.10. The molecule has 1 fully saturated rings. The van der Waals surface area contributed by atoms with Gasteiger partial charge in [-0.3, -0.25) is 9.59 Å². The number of rotatable bonds is 6. The van der Waals surface area contributed by atoms with Gasteiger partial charge in [-0.15, -0.1) is 0 Å². The fraction of sp³-hybridized carbons (Fsp3) is 0.467. The smallest absolute Gasteiger partial charge is 0.307 e. The third-order valence-electron chi connectivity index (χ3n) is 3.28. The van der Waals surface area contributed by atoms with Crippen LogP contribution in [-0.2, 0) is 20.7 Å². The van der Waals surface area contributed by atoms with Crippen molar-refractivity contribution in [2.24, 2.45) is 0 Å². The second-order valence-corrected chi connectivity index (χ2v) is 4.99. The van der Waals surface area contributed by atoms with Crippen LogP contribution in [0.1, 0.15) is 31.2 Å². The van der Waals surface area contributed by atoms with E-state index in [4.69, 9.17) is 9.84 Å². The molecule has 2 N–H and O–H groups in total. The van der Waals surface area contributed by atoms with Crippen LogP contribution in [0.5, 0.6) is 0 Å². The number of benzene rings is 1. The van der Waals surface area contributed by atoms with Gasteiger partial charge in [0.25, 0.3) is 0 Å². The van der Waals surface area contributed by atoms with Crippen molar-refractivity contribution in [2.75, 3.05) is 11.9 Å². The minimum absolute atomic E-state index is 0.0420. The molecule has 1 heterocycles. The summed E-state index contributed by atoms with van der Waals surface area (Å²) in [7, 11) is 0. The van der Waals surface area contributed by atoms with Gasteiger partial charge in [0.2, 0.25) is 5.91 Å². The Labute approximate surface area is 117 Å². The van der Waals surface area contributed by atoms with Gasteiger partial charge in [-0.25, -0.2) is 0 Å². The number of carboxylic acids is 1. The van der Waals surface area contributed by atoms with Gasteiger partial charge in [0.05, 0.1) is 12.5 Å². The van der Waals surface area contributed by atoms with Crippen molar-refractivity contribution in [2.45, 2.75) is 38.2 Å². The SMILES string of the molecule is O=C(O)Cc1cccc(NC(=O)CCC2CCCO2)c1. The molecule has 20 heavy (non-hydrogen) atoms. The molecule has 1 atom stereocenters. The molecule has 5 nitrogen and oxygen atoms in total. The van der Waals surface area contributed by atoms with Gasteiger partial charge in [0.1, 0.15) is 0 Å². The van der Waals surface area contributed by atoms with E-state index in [0.717, 1.165) is 25.9 Å². The zero-order valence-corrected chi connectivity index (χ0v) is 11.3. The lowest BCUT2D eigenvalue weighted by Crippen LogP contribution is -2.15. The first-order chi connectivity index (χ1) is 9.63. The topological polar surface area (TPSA) is 75.6 Å². The van der Waals surface area contributed by atoms with Crippen LogP contribution in [0, 0.1) is 0 Å². The molecule has 1 unspecified atom stereocenters. The van der Waals surface area contributed by atoms with E-state index in [-0.39, 0.29) is 18.4 Å². The highest BCUT2D eigenvalue weighted by molar-refractivity contribution is 5.90. The van der Waals surface area contributed by atoms with Crippen LogP contribution in [0.3, 0.4) is 0 Å². The maximum absolute atomic E-state index is 11.8. The average molecular weight is 277 g/mol. The van der Waals surface area contributed by atoms with E-state index in [9.17, 15) is 9.59 Å². The third-order valence-corrected chi connectivity index (χ3v) is 3.28. The summed E-state index contributed by atoms with van der Waals surface area (Å²) in [6, 6.07) is 6.93. The third kappa shape index (κ3) is 4.66. The van der Waals surface area contributed by atoms with Crippen molar-refractivity contribution in [1.29, 1.82) is 0 Å². The number of carboxylic acid groups (broad SMARTS) is 1. The van der Waals surface area contributed by atoms with Crippen LogP contribution in [0.4, 0.5) is 5.69 Å². The predicted molar refractivity (Wildman–Crippen MR) is 74.6 cm³/mol. The molecule has 0 radical (unpaired) electrons. The summed E-state index contributed by atoms with van der Waals surface area (Å²) in [5.41, 5.74) is 1.32. The summed E-state index contributed by atoms with van der Waals surface area (Å²) in [6.45, 7) is 0.795. The molecule has 1 aliphatic heterocycles. The summed E-state index contributed by atoms with van der Waals surface area (Å²) >= 11 is 0. The molecule has 0 aliphatic carbocycles. The molecule has 0 spiro atoms. The van der Waals surface area contributed by atoms with Crippen LogP contribution in [0.15, 0.2) is 24.3 Å². The molecule has 108 valence electrons. The fourth-order valence-electron chi connectivity index (χ4n) is 2.32. The summed E-state index contributed by atoms with van der Waals surface area (Å²) in [4.78, 5) is 22.5. The highest BCUT2D eigenvalue weighted by Crippen LogP contribution is 2.17. The Morgan fingerprint density at radius 2 is 2.25 bits per heavy atom. The summed E-state index contributed by atoms with van der Waals surface area (Å²) in [5.74, 6) is -0.945. The van der Waals surface area contributed by atoms with Crippen molar-refractivity contribution in [1.82, 2.24) is 0 Å². The first-order valence-electron chi connectivity index (χ1n) is 6.85. The van der Waals surface area contributed by atoms with Crippen molar-refractivity contribution in [3.05, 3.63) is 29.8 Å². The number of carbonyl (C=O) groups excluding carboxylic acids is 1. The largest absolute Gasteiger partial charge is 0.481 e.